The Morgan fingerprint density at radius 1 is 0.789 bits per heavy atom. The number of aliphatic carboxylic acids is 2. The van der Waals surface area contributed by atoms with E-state index in [4.69, 9.17) is 10.2 Å². The maximum Gasteiger partial charge on any atom is 0.331 e. The van der Waals surface area contributed by atoms with Crippen LogP contribution >= 0.6 is 0 Å². The fourth-order valence-electron chi connectivity index (χ4n) is 2.06. The van der Waals surface area contributed by atoms with E-state index < -0.39 is 11.9 Å². The second-order valence-corrected chi connectivity index (χ2v) is 4.56. The molecule has 2 aliphatic rings. The van der Waals surface area contributed by atoms with Gasteiger partial charge in [0.2, 0.25) is 0 Å². The molecule has 0 aromatic carbocycles. The molecule has 0 bridgehead atoms. The molecule has 0 heterocycles. The quantitative estimate of drug-likeness (QED) is 0.738. The monoisotopic (exact) mass is 366 g/mol. The molecule has 0 amide bonds. The first-order valence-corrected chi connectivity index (χ1v) is 6.46. The van der Waals surface area contributed by atoms with Crippen molar-refractivity contribution in [2.24, 2.45) is 0 Å². The Balaban J connectivity index is 0.000000324. The molecule has 0 saturated heterocycles. The summed E-state index contributed by atoms with van der Waals surface area (Å²) >= 11 is 0. The molecular weight excluding hydrogens is 345 g/mol. The Labute approximate surface area is 133 Å². The van der Waals surface area contributed by atoms with E-state index in [1.807, 2.05) is 12.2 Å². The van der Waals surface area contributed by atoms with Gasteiger partial charge in [0.1, 0.15) is 0 Å². The Hall–Kier alpha value is -0.658. The second-order valence-electron chi connectivity index (χ2n) is 4.56. The molecule has 0 saturated carbocycles. The van der Waals surface area contributed by atoms with Gasteiger partial charge in [0.25, 0.3) is 0 Å². The van der Waals surface area contributed by atoms with Gasteiger partial charge in [-0.2, -0.15) is 0 Å². The number of hydrogen-bond donors (Lipinski definition) is 2. The smallest absolute Gasteiger partial charge is 0.331 e. The van der Waals surface area contributed by atoms with E-state index in [0.717, 1.165) is 51.4 Å². The van der Waals surface area contributed by atoms with Crippen LogP contribution in [0.2, 0.25) is 0 Å². The van der Waals surface area contributed by atoms with Crippen LogP contribution in [0.3, 0.4) is 0 Å². The molecule has 0 fully saturated rings. The van der Waals surface area contributed by atoms with Gasteiger partial charge in [-0.3, -0.25) is 0 Å². The van der Waals surface area contributed by atoms with Crippen molar-refractivity contribution < 1.29 is 47.1 Å². The fourth-order valence-corrected chi connectivity index (χ4v) is 2.06. The van der Waals surface area contributed by atoms with Crippen LogP contribution in [0.4, 0.5) is 0 Å². The van der Waals surface area contributed by atoms with Crippen molar-refractivity contribution in [3.05, 3.63) is 23.3 Å². The van der Waals surface area contributed by atoms with E-state index in [1.54, 1.807) is 0 Å². The standard InChI is InChI=1S/2C7H10O2.Cd/c2*8-7(9)6-4-2-1-3-5-6;/h2*4H,1-3,5H2,(H,8,9);. The van der Waals surface area contributed by atoms with Crippen molar-refractivity contribution in [3.63, 3.8) is 0 Å². The zero-order valence-electron chi connectivity index (χ0n) is 11.2. The molecule has 2 rings (SSSR count). The van der Waals surface area contributed by atoms with Gasteiger partial charge in [0.15, 0.2) is 0 Å². The van der Waals surface area contributed by atoms with E-state index in [9.17, 15) is 9.59 Å². The molecule has 0 radical (unpaired) electrons. The zero-order chi connectivity index (χ0) is 13.4. The largest absolute Gasteiger partial charge is 0.478 e. The van der Waals surface area contributed by atoms with Crippen molar-refractivity contribution >= 4 is 11.9 Å². The number of carboxylic acid groups (broad SMARTS) is 2. The zero-order valence-corrected chi connectivity index (χ0v) is 15.3. The van der Waals surface area contributed by atoms with Gasteiger partial charge in [-0.15, -0.1) is 0 Å². The maximum absolute atomic E-state index is 10.3. The van der Waals surface area contributed by atoms with Crippen LogP contribution in [0.25, 0.3) is 0 Å². The van der Waals surface area contributed by atoms with Crippen LogP contribution < -0.4 is 0 Å². The normalized spacial score (nSPS) is 17.9. The van der Waals surface area contributed by atoms with Crippen molar-refractivity contribution in [1.29, 1.82) is 0 Å². The molecule has 0 aliphatic heterocycles. The van der Waals surface area contributed by atoms with E-state index in [1.165, 1.54) is 0 Å². The number of carboxylic acids is 2. The third-order valence-corrected chi connectivity index (χ3v) is 3.13. The molecule has 2 N–H and O–H groups in total. The van der Waals surface area contributed by atoms with Gasteiger partial charge in [0.05, 0.1) is 0 Å². The fraction of sp³-hybridized carbons (Fsp3) is 0.571. The average Bonchev–Trinajstić information content (AvgIpc) is 2.41. The molecule has 19 heavy (non-hydrogen) atoms. The molecule has 5 heteroatoms. The summed E-state index contributed by atoms with van der Waals surface area (Å²) in [4.78, 5) is 20.6. The van der Waals surface area contributed by atoms with Crippen LogP contribution in [-0.4, -0.2) is 22.2 Å². The van der Waals surface area contributed by atoms with Gasteiger partial charge >= 0.3 is 11.9 Å². The summed E-state index contributed by atoms with van der Waals surface area (Å²) in [5.41, 5.74) is 1.20. The number of carbonyl (C=O) groups is 2. The predicted octanol–water partition coefficient (Wildman–Crippen LogP) is 3.14. The predicted molar refractivity (Wildman–Crippen MR) is 68.4 cm³/mol. The first-order valence-electron chi connectivity index (χ1n) is 6.46. The molecule has 102 valence electrons. The second kappa shape index (κ2) is 10.2. The van der Waals surface area contributed by atoms with Crippen molar-refractivity contribution in [3.8, 4) is 0 Å². The SMILES string of the molecule is O=C(O)C1=CCCCC1.O=C(O)C1=CCCCC1.[Cd]. The summed E-state index contributed by atoms with van der Waals surface area (Å²) in [6, 6.07) is 0. The van der Waals surface area contributed by atoms with Crippen molar-refractivity contribution in [1.82, 2.24) is 0 Å². The van der Waals surface area contributed by atoms with Crippen LogP contribution in [0.15, 0.2) is 23.3 Å². The molecule has 0 unspecified atom stereocenters. The number of hydrogen-bond acceptors (Lipinski definition) is 2. The first kappa shape index (κ1) is 18.3. The van der Waals surface area contributed by atoms with Crippen molar-refractivity contribution in [2.75, 3.05) is 0 Å². The Morgan fingerprint density at radius 3 is 1.32 bits per heavy atom. The minimum absolute atomic E-state index is 0. The minimum atomic E-state index is -0.741. The first-order chi connectivity index (χ1) is 8.61. The number of allylic oxidation sites excluding steroid dienone is 2. The summed E-state index contributed by atoms with van der Waals surface area (Å²) in [5.74, 6) is -1.48. The Bertz CT molecular complexity index is 336. The molecule has 4 nitrogen and oxygen atoms in total. The molecular formula is C14H20CdO4. The molecule has 0 atom stereocenters. The van der Waals surface area contributed by atoms with Gasteiger partial charge in [0, 0.05) is 38.4 Å². The van der Waals surface area contributed by atoms with Gasteiger partial charge in [-0.25, -0.2) is 9.59 Å². The molecule has 2 aliphatic carbocycles. The summed E-state index contributed by atoms with van der Waals surface area (Å²) in [6.45, 7) is 0. The maximum atomic E-state index is 10.3. The number of rotatable bonds is 2. The molecule has 0 spiro atoms. The molecule has 0 aromatic rings. The van der Waals surface area contributed by atoms with E-state index in [2.05, 4.69) is 0 Å². The van der Waals surface area contributed by atoms with Crippen LogP contribution in [0, 0.1) is 0 Å². The third-order valence-electron chi connectivity index (χ3n) is 3.13. The van der Waals surface area contributed by atoms with Crippen molar-refractivity contribution in [2.45, 2.75) is 51.4 Å². The van der Waals surface area contributed by atoms with E-state index in [-0.39, 0.29) is 27.3 Å². The summed E-state index contributed by atoms with van der Waals surface area (Å²) in [5, 5.41) is 16.9. The van der Waals surface area contributed by atoms with Crippen LogP contribution in [0.5, 0.6) is 0 Å². The minimum Gasteiger partial charge on any atom is -0.478 e. The molecule has 0 aromatic heterocycles. The summed E-state index contributed by atoms with van der Waals surface area (Å²) in [6.07, 6.45) is 11.4. The topological polar surface area (TPSA) is 74.6 Å². The van der Waals surface area contributed by atoms with Crippen LogP contribution in [0.1, 0.15) is 51.4 Å². The Kier molecular flexibility index (Phi) is 9.82. The van der Waals surface area contributed by atoms with E-state index in [0.29, 0.717) is 11.1 Å². The van der Waals surface area contributed by atoms with E-state index >= 15 is 0 Å². The van der Waals surface area contributed by atoms with Crippen LogP contribution in [-0.2, 0) is 36.9 Å². The Morgan fingerprint density at radius 2 is 1.16 bits per heavy atom. The van der Waals surface area contributed by atoms with Gasteiger partial charge in [-0.1, -0.05) is 12.2 Å². The van der Waals surface area contributed by atoms with Gasteiger partial charge < -0.3 is 10.2 Å². The average molecular weight is 365 g/mol. The summed E-state index contributed by atoms with van der Waals surface area (Å²) in [7, 11) is 0. The van der Waals surface area contributed by atoms with Gasteiger partial charge in [-0.05, 0) is 51.4 Å². The third kappa shape index (κ3) is 7.49. The summed E-state index contributed by atoms with van der Waals surface area (Å²) < 4.78 is 0.